The van der Waals surface area contributed by atoms with E-state index in [0.29, 0.717) is 18.0 Å². The second-order valence-electron chi connectivity index (χ2n) is 7.79. The molecule has 0 saturated carbocycles. The summed E-state index contributed by atoms with van der Waals surface area (Å²) < 4.78 is 0. The number of hydrogen-bond donors (Lipinski definition) is 1. The average Bonchev–Trinajstić information content (AvgIpc) is 2.65. The van der Waals surface area contributed by atoms with E-state index in [1.165, 1.54) is 28.7 Å². The fourth-order valence-corrected chi connectivity index (χ4v) is 4.75. The molecule has 2 aliphatic rings. The molecule has 1 N–H and O–H groups in total. The average molecular weight is 367 g/mol. The lowest BCUT2D eigenvalue weighted by atomic mass is 9.77. The van der Waals surface area contributed by atoms with Crippen molar-refractivity contribution in [2.75, 3.05) is 6.54 Å². The number of nitrogens with zero attached hydrogens (tertiary/aromatic N) is 1. The standard InChI is InChI=1S/C23H27ClN2/c1-16(2)21-11-12-26-15-19-6-4-3-5-18(19)13-22(26)23(21)25-14-17-7-9-20(24)10-8-17/h3-10,21-23,25H,1,11-15H2,2H3/t21-,22+,23-/m1/s1. The first kappa shape index (κ1) is 17.8. The van der Waals surface area contributed by atoms with Crippen molar-refractivity contribution in [3.63, 3.8) is 0 Å². The zero-order valence-electron chi connectivity index (χ0n) is 15.4. The highest BCUT2D eigenvalue weighted by atomic mass is 35.5. The van der Waals surface area contributed by atoms with Crippen LogP contribution in [0.15, 0.2) is 60.7 Å². The molecule has 1 fully saturated rings. The highest BCUT2D eigenvalue weighted by Gasteiger charge is 2.40. The lowest BCUT2D eigenvalue weighted by Gasteiger charge is -2.49. The van der Waals surface area contributed by atoms with Gasteiger partial charge in [-0.25, -0.2) is 0 Å². The summed E-state index contributed by atoms with van der Waals surface area (Å²) in [6.45, 7) is 9.60. The van der Waals surface area contributed by atoms with Crippen molar-refractivity contribution in [3.8, 4) is 0 Å². The minimum atomic E-state index is 0.435. The molecule has 0 spiro atoms. The normalized spacial score (nSPS) is 25.4. The molecule has 3 heteroatoms. The fourth-order valence-electron chi connectivity index (χ4n) is 4.62. The Morgan fingerprint density at radius 1 is 1.15 bits per heavy atom. The molecule has 2 aliphatic heterocycles. The Hall–Kier alpha value is -1.61. The first-order chi connectivity index (χ1) is 12.6. The maximum Gasteiger partial charge on any atom is 0.0406 e. The predicted octanol–water partition coefficient (Wildman–Crippen LogP) is 4.82. The summed E-state index contributed by atoms with van der Waals surface area (Å²) in [4.78, 5) is 2.67. The van der Waals surface area contributed by atoms with Gasteiger partial charge in [-0.05, 0) is 61.1 Å². The Labute approximate surface area is 161 Å². The number of benzene rings is 2. The highest BCUT2D eigenvalue weighted by Crippen LogP contribution is 2.35. The molecule has 0 aliphatic carbocycles. The monoisotopic (exact) mass is 366 g/mol. The summed E-state index contributed by atoms with van der Waals surface area (Å²) in [5, 5.41) is 4.67. The minimum Gasteiger partial charge on any atom is -0.308 e. The van der Waals surface area contributed by atoms with Gasteiger partial charge >= 0.3 is 0 Å². The van der Waals surface area contributed by atoms with Gasteiger partial charge in [-0.3, -0.25) is 4.90 Å². The molecule has 0 aromatic heterocycles. The van der Waals surface area contributed by atoms with Crippen LogP contribution in [0.2, 0.25) is 5.02 Å². The maximum atomic E-state index is 6.03. The summed E-state index contributed by atoms with van der Waals surface area (Å²) in [5.41, 5.74) is 5.59. The molecule has 4 rings (SSSR count). The molecule has 0 unspecified atom stereocenters. The molecule has 136 valence electrons. The number of fused-ring (bicyclic) bond motifs is 2. The van der Waals surface area contributed by atoms with Gasteiger partial charge in [0.15, 0.2) is 0 Å². The molecular weight excluding hydrogens is 340 g/mol. The van der Waals surface area contributed by atoms with E-state index in [1.54, 1.807) is 0 Å². The van der Waals surface area contributed by atoms with Crippen LogP contribution in [0.5, 0.6) is 0 Å². The summed E-state index contributed by atoms with van der Waals surface area (Å²) in [6, 6.07) is 18.1. The Morgan fingerprint density at radius 3 is 2.62 bits per heavy atom. The Bertz CT molecular complexity index is 783. The van der Waals surface area contributed by atoms with Gasteiger partial charge in [0.2, 0.25) is 0 Å². The quantitative estimate of drug-likeness (QED) is 0.780. The minimum absolute atomic E-state index is 0.435. The van der Waals surface area contributed by atoms with Gasteiger partial charge in [-0.2, -0.15) is 0 Å². The third-order valence-electron chi connectivity index (χ3n) is 6.05. The SMILES string of the molecule is C=C(C)[C@H]1CCN2Cc3ccccc3C[C@H]2[C@@H]1NCc1ccc(Cl)cc1. The molecule has 2 nitrogen and oxygen atoms in total. The van der Waals surface area contributed by atoms with Crippen LogP contribution < -0.4 is 5.32 Å². The van der Waals surface area contributed by atoms with E-state index in [4.69, 9.17) is 11.6 Å². The maximum absolute atomic E-state index is 6.03. The topological polar surface area (TPSA) is 15.3 Å². The largest absolute Gasteiger partial charge is 0.308 e. The number of halogens is 1. The Morgan fingerprint density at radius 2 is 1.88 bits per heavy atom. The molecule has 0 radical (unpaired) electrons. The van der Waals surface area contributed by atoms with Gasteiger partial charge in [-0.1, -0.05) is 60.2 Å². The van der Waals surface area contributed by atoms with Gasteiger partial charge in [0.1, 0.15) is 0 Å². The molecular formula is C23H27ClN2. The predicted molar refractivity (Wildman–Crippen MR) is 109 cm³/mol. The van der Waals surface area contributed by atoms with Crippen LogP contribution >= 0.6 is 11.6 Å². The second-order valence-corrected chi connectivity index (χ2v) is 8.22. The summed E-state index contributed by atoms with van der Waals surface area (Å²) in [6.07, 6.45) is 2.31. The number of hydrogen-bond acceptors (Lipinski definition) is 2. The Balaban J connectivity index is 1.56. The molecule has 2 aromatic carbocycles. The van der Waals surface area contributed by atoms with Gasteiger partial charge in [-0.15, -0.1) is 0 Å². The van der Waals surface area contributed by atoms with E-state index >= 15 is 0 Å². The van der Waals surface area contributed by atoms with Crippen molar-refractivity contribution in [2.24, 2.45) is 5.92 Å². The summed E-state index contributed by atoms with van der Waals surface area (Å²) >= 11 is 6.03. The molecule has 0 amide bonds. The summed E-state index contributed by atoms with van der Waals surface area (Å²) in [7, 11) is 0. The van der Waals surface area contributed by atoms with E-state index in [0.717, 1.165) is 31.1 Å². The van der Waals surface area contributed by atoms with Crippen molar-refractivity contribution < 1.29 is 0 Å². The van der Waals surface area contributed by atoms with Crippen LogP contribution in [0, 0.1) is 5.92 Å². The molecule has 2 heterocycles. The van der Waals surface area contributed by atoms with Gasteiger partial charge in [0, 0.05) is 30.2 Å². The van der Waals surface area contributed by atoms with Crippen molar-refractivity contribution in [1.29, 1.82) is 0 Å². The third-order valence-corrected chi connectivity index (χ3v) is 6.31. The molecule has 2 aromatic rings. The van der Waals surface area contributed by atoms with Crippen LogP contribution in [0.3, 0.4) is 0 Å². The third kappa shape index (κ3) is 3.59. The van der Waals surface area contributed by atoms with Crippen molar-refractivity contribution in [3.05, 3.63) is 82.4 Å². The molecule has 3 atom stereocenters. The fraction of sp³-hybridized carbons (Fsp3) is 0.391. The lowest BCUT2D eigenvalue weighted by Crippen LogP contribution is -2.60. The smallest absolute Gasteiger partial charge is 0.0406 e. The van der Waals surface area contributed by atoms with Crippen LogP contribution in [0.1, 0.15) is 30.0 Å². The first-order valence-electron chi connectivity index (χ1n) is 9.56. The van der Waals surface area contributed by atoms with Crippen LogP contribution in [0.25, 0.3) is 0 Å². The zero-order valence-corrected chi connectivity index (χ0v) is 16.2. The first-order valence-corrected chi connectivity index (χ1v) is 9.93. The van der Waals surface area contributed by atoms with Gasteiger partial charge in [0.25, 0.3) is 0 Å². The number of rotatable bonds is 4. The van der Waals surface area contributed by atoms with Gasteiger partial charge < -0.3 is 5.32 Å². The number of nitrogens with one attached hydrogen (secondary N) is 1. The van der Waals surface area contributed by atoms with E-state index in [-0.39, 0.29) is 0 Å². The van der Waals surface area contributed by atoms with Crippen LogP contribution in [0.4, 0.5) is 0 Å². The van der Waals surface area contributed by atoms with E-state index < -0.39 is 0 Å². The Kier molecular flexibility index (Phi) is 5.17. The lowest BCUT2D eigenvalue weighted by molar-refractivity contribution is 0.0664. The van der Waals surface area contributed by atoms with Crippen LogP contribution in [-0.4, -0.2) is 23.5 Å². The van der Waals surface area contributed by atoms with Crippen LogP contribution in [-0.2, 0) is 19.5 Å². The zero-order chi connectivity index (χ0) is 18.1. The highest BCUT2D eigenvalue weighted by molar-refractivity contribution is 6.30. The van der Waals surface area contributed by atoms with E-state index in [9.17, 15) is 0 Å². The van der Waals surface area contributed by atoms with Crippen molar-refractivity contribution in [2.45, 2.75) is 44.9 Å². The number of piperidine rings is 1. The molecule has 0 bridgehead atoms. The molecule has 1 saturated heterocycles. The van der Waals surface area contributed by atoms with Gasteiger partial charge in [0.05, 0.1) is 0 Å². The van der Waals surface area contributed by atoms with Crippen molar-refractivity contribution >= 4 is 11.6 Å². The van der Waals surface area contributed by atoms with E-state index in [1.807, 2.05) is 12.1 Å². The second kappa shape index (κ2) is 7.56. The summed E-state index contributed by atoms with van der Waals surface area (Å²) in [5.74, 6) is 0.536. The van der Waals surface area contributed by atoms with E-state index in [2.05, 4.69) is 60.1 Å². The van der Waals surface area contributed by atoms with Crippen molar-refractivity contribution in [1.82, 2.24) is 10.2 Å². The molecule has 26 heavy (non-hydrogen) atoms.